The third-order valence-corrected chi connectivity index (χ3v) is 2.92. The maximum absolute atomic E-state index is 12.3. The molecule has 5 heteroatoms. The van der Waals surface area contributed by atoms with Crippen molar-refractivity contribution in [2.24, 2.45) is 0 Å². The van der Waals surface area contributed by atoms with Crippen LogP contribution in [0.15, 0.2) is 30.6 Å². The highest BCUT2D eigenvalue weighted by Gasteiger charge is 2.17. The van der Waals surface area contributed by atoms with Crippen molar-refractivity contribution in [1.82, 2.24) is 9.97 Å². The van der Waals surface area contributed by atoms with Crippen LogP contribution in [0.5, 0.6) is 5.88 Å². The molecule has 18 heavy (non-hydrogen) atoms. The molecule has 0 aliphatic rings. The molecule has 0 aliphatic carbocycles. The summed E-state index contributed by atoms with van der Waals surface area (Å²) < 4.78 is 5.02. The van der Waals surface area contributed by atoms with Crippen LogP contribution in [-0.4, -0.2) is 22.9 Å². The first-order valence-corrected chi connectivity index (χ1v) is 5.67. The van der Waals surface area contributed by atoms with Crippen molar-refractivity contribution < 1.29 is 9.53 Å². The molecule has 0 fully saturated rings. The normalized spacial score (nSPS) is 10.2. The van der Waals surface area contributed by atoms with Crippen LogP contribution in [0.3, 0.4) is 0 Å². The van der Waals surface area contributed by atoms with Crippen molar-refractivity contribution >= 4 is 17.4 Å². The van der Waals surface area contributed by atoms with Gasteiger partial charge in [0.15, 0.2) is 5.69 Å². The molecule has 2 aromatic rings. The van der Waals surface area contributed by atoms with Crippen molar-refractivity contribution in [3.63, 3.8) is 0 Å². The molecule has 0 unspecified atom stereocenters. The summed E-state index contributed by atoms with van der Waals surface area (Å²) in [6.45, 7) is 1.84. The van der Waals surface area contributed by atoms with E-state index in [-0.39, 0.29) is 17.4 Å². The summed E-state index contributed by atoms with van der Waals surface area (Å²) in [5, 5.41) is 0.623. The van der Waals surface area contributed by atoms with E-state index in [1.807, 2.05) is 6.92 Å². The van der Waals surface area contributed by atoms with Crippen LogP contribution in [0.4, 0.5) is 0 Å². The van der Waals surface area contributed by atoms with Crippen molar-refractivity contribution in [3.8, 4) is 5.88 Å². The van der Waals surface area contributed by atoms with Crippen LogP contribution in [-0.2, 0) is 0 Å². The lowest BCUT2D eigenvalue weighted by molar-refractivity contribution is 0.103. The number of methoxy groups -OCH3 is 1. The first kappa shape index (κ1) is 12.5. The number of carbonyl (C=O) groups is 1. The predicted octanol–water partition coefficient (Wildman–Crippen LogP) is 2.68. The third kappa shape index (κ3) is 2.33. The molecule has 4 nitrogen and oxygen atoms in total. The van der Waals surface area contributed by atoms with Gasteiger partial charge in [0.2, 0.25) is 11.7 Å². The highest BCUT2D eigenvalue weighted by Crippen LogP contribution is 2.20. The van der Waals surface area contributed by atoms with E-state index < -0.39 is 0 Å². The van der Waals surface area contributed by atoms with Crippen molar-refractivity contribution in [3.05, 3.63) is 52.4 Å². The number of nitrogens with zero attached hydrogens (tertiary/aromatic N) is 2. The Morgan fingerprint density at radius 3 is 2.67 bits per heavy atom. The van der Waals surface area contributed by atoms with E-state index in [2.05, 4.69) is 9.97 Å². The molecule has 0 amide bonds. The molecule has 0 radical (unpaired) electrons. The summed E-state index contributed by atoms with van der Waals surface area (Å²) in [5.74, 6) is -0.0187. The second-order valence-electron chi connectivity index (χ2n) is 3.71. The van der Waals surface area contributed by atoms with Gasteiger partial charge in [0.1, 0.15) is 0 Å². The average Bonchev–Trinajstić information content (AvgIpc) is 2.41. The minimum atomic E-state index is -0.236. The van der Waals surface area contributed by atoms with E-state index in [1.165, 1.54) is 19.5 Å². The number of aryl methyl sites for hydroxylation is 1. The van der Waals surface area contributed by atoms with E-state index >= 15 is 0 Å². The van der Waals surface area contributed by atoms with E-state index in [1.54, 1.807) is 18.2 Å². The number of hydrogen-bond acceptors (Lipinski definition) is 4. The maximum Gasteiger partial charge on any atom is 0.243 e. The molecular weight excluding hydrogens is 252 g/mol. The molecule has 0 N–H and O–H groups in total. The summed E-state index contributed by atoms with van der Waals surface area (Å²) in [7, 11) is 1.45. The summed E-state index contributed by atoms with van der Waals surface area (Å²) in [6.07, 6.45) is 2.93. The standard InChI is InChI=1S/C13H11ClN2O2/c1-8-7-9(3-4-10(8)14)12(17)11-13(18-2)16-6-5-15-11/h3-7H,1-2H3. The highest BCUT2D eigenvalue weighted by molar-refractivity contribution is 6.31. The fourth-order valence-corrected chi connectivity index (χ4v) is 1.67. The number of benzene rings is 1. The fourth-order valence-electron chi connectivity index (χ4n) is 1.55. The fraction of sp³-hybridized carbons (Fsp3) is 0.154. The van der Waals surface area contributed by atoms with Crippen LogP contribution in [0.25, 0.3) is 0 Å². The lowest BCUT2D eigenvalue weighted by Crippen LogP contribution is -2.08. The van der Waals surface area contributed by atoms with Gasteiger partial charge in [0.25, 0.3) is 0 Å². The smallest absolute Gasteiger partial charge is 0.243 e. The predicted molar refractivity (Wildman–Crippen MR) is 68.2 cm³/mol. The van der Waals surface area contributed by atoms with Gasteiger partial charge >= 0.3 is 0 Å². The first-order valence-electron chi connectivity index (χ1n) is 5.29. The largest absolute Gasteiger partial charge is 0.479 e. The number of hydrogen-bond donors (Lipinski definition) is 0. The Bertz CT molecular complexity index is 599. The zero-order valence-electron chi connectivity index (χ0n) is 9.98. The molecular formula is C13H11ClN2O2. The second-order valence-corrected chi connectivity index (χ2v) is 4.11. The Hall–Kier alpha value is -1.94. The Morgan fingerprint density at radius 2 is 2.00 bits per heavy atom. The van der Waals surface area contributed by atoms with Crippen LogP contribution < -0.4 is 4.74 Å². The SMILES string of the molecule is COc1nccnc1C(=O)c1ccc(Cl)c(C)c1. The average molecular weight is 263 g/mol. The Labute approximate surface area is 110 Å². The zero-order chi connectivity index (χ0) is 13.1. The molecule has 1 aromatic heterocycles. The van der Waals surface area contributed by atoms with Crippen molar-refractivity contribution in [2.75, 3.05) is 7.11 Å². The van der Waals surface area contributed by atoms with Crippen LogP contribution in [0.1, 0.15) is 21.6 Å². The number of halogens is 1. The minimum absolute atomic E-state index is 0.196. The number of ketones is 1. The zero-order valence-corrected chi connectivity index (χ0v) is 10.7. The number of ether oxygens (including phenoxy) is 1. The molecule has 1 heterocycles. The molecule has 0 atom stereocenters. The van der Waals surface area contributed by atoms with Gasteiger partial charge in [-0.25, -0.2) is 9.97 Å². The van der Waals surface area contributed by atoms with Gasteiger partial charge in [-0.2, -0.15) is 0 Å². The molecule has 1 aromatic carbocycles. The van der Waals surface area contributed by atoms with Gasteiger partial charge in [0, 0.05) is 23.0 Å². The molecule has 92 valence electrons. The third-order valence-electron chi connectivity index (χ3n) is 2.49. The van der Waals surface area contributed by atoms with Gasteiger partial charge in [-0.1, -0.05) is 11.6 Å². The van der Waals surface area contributed by atoms with Gasteiger partial charge in [-0.3, -0.25) is 4.79 Å². The number of aromatic nitrogens is 2. The number of rotatable bonds is 3. The van der Waals surface area contributed by atoms with Gasteiger partial charge in [0.05, 0.1) is 7.11 Å². The van der Waals surface area contributed by atoms with E-state index in [0.717, 1.165) is 5.56 Å². The molecule has 0 saturated carbocycles. The van der Waals surface area contributed by atoms with Crippen molar-refractivity contribution in [2.45, 2.75) is 6.92 Å². The summed E-state index contributed by atoms with van der Waals surface area (Å²) in [6, 6.07) is 5.07. The van der Waals surface area contributed by atoms with E-state index in [4.69, 9.17) is 16.3 Å². The van der Waals surface area contributed by atoms with Crippen LogP contribution in [0.2, 0.25) is 5.02 Å². The summed E-state index contributed by atoms with van der Waals surface area (Å²) in [5.41, 5.74) is 1.54. The lowest BCUT2D eigenvalue weighted by atomic mass is 10.1. The van der Waals surface area contributed by atoms with Gasteiger partial charge in [-0.05, 0) is 30.7 Å². The minimum Gasteiger partial charge on any atom is -0.479 e. The lowest BCUT2D eigenvalue weighted by Gasteiger charge is -2.06. The van der Waals surface area contributed by atoms with Gasteiger partial charge in [-0.15, -0.1) is 0 Å². The molecule has 0 saturated heterocycles. The first-order chi connectivity index (χ1) is 8.63. The van der Waals surface area contributed by atoms with E-state index in [9.17, 15) is 4.79 Å². The number of carbonyl (C=O) groups excluding carboxylic acids is 1. The van der Waals surface area contributed by atoms with E-state index in [0.29, 0.717) is 10.6 Å². The molecule has 2 rings (SSSR count). The Morgan fingerprint density at radius 1 is 1.28 bits per heavy atom. The van der Waals surface area contributed by atoms with Crippen LogP contribution in [0, 0.1) is 6.92 Å². The maximum atomic E-state index is 12.3. The van der Waals surface area contributed by atoms with Gasteiger partial charge < -0.3 is 4.74 Å². The summed E-state index contributed by atoms with van der Waals surface area (Å²) >= 11 is 5.93. The molecule has 0 aliphatic heterocycles. The Balaban J connectivity index is 2.44. The van der Waals surface area contributed by atoms with Crippen LogP contribution >= 0.6 is 11.6 Å². The summed E-state index contributed by atoms with van der Waals surface area (Å²) in [4.78, 5) is 20.2. The topological polar surface area (TPSA) is 52.1 Å². The monoisotopic (exact) mass is 262 g/mol. The second kappa shape index (κ2) is 5.14. The Kier molecular flexibility index (Phi) is 3.58. The highest BCUT2D eigenvalue weighted by atomic mass is 35.5. The molecule has 0 bridgehead atoms. The van der Waals surface area contributed by atoms with Crippen molar-refractivity contribution in [1.29, 1.82) is 0 Å². The quantitative estimate of drug-likeness (QED) is 0.798. The molecule has 0 spiro atoms.